The van der Waals surface area contributed by atoms with Crippen LogP contribution in [0.4, 0.5) is 5.00 Å². The number of nitrogens with two attached hydrogens (primary N) is 2. The Kier molecular flexibility index (Phi) is 4.68. The lowest BCUT2D eigenvalue weighted by Crippen LogP contribution is -2.51. The number of primary amides is 1. The molecule has 0 radical (unpaired) electrons. The summed E-state index contributed by atoms with van der Waals surface area (Å²) < 4.78 is 0. The van der Waals surface area contributed by atoms with Gasteiger partial charge in [0.1, 0.15) is 0 Å². The van der Waals surface area contributed by atoms with Crippen molar-refractivity contribution < 1.29 is 9.59 Å². The first-order valence-electron chi connectivity index (χ1n) is 9.57. The molecule has 4 rings (SSSR count). The highest BCUT2D eigenvalue weighted by Gasteiger charge is 2.46. The van der Waals surface area contributed by atoms with E-state index in [-0.39, 0.29) is 5.91 Å². The number of hydrogen-bond acceptors (Lipinski definition) is 4. The van der Waals surface area contributed by atoms with Gasteiger partial charge in [-0.2, -0.15) is 0 Å². The lowest BCUT2D eigenvalue weighted by Gasteiger charge is -2.41. The number of hydrogen-bond donors (Lipinski definition) is 2. The normalized spacial score (nSPS) is 22.3. The fraction of sp³-hybridized carbons (Fsp3) is 0.429. The second-order valence-electron chi connectivity index (χ2n) is 7.59. The molecule has 1 unspecified atom stereocenters. The molecule has 27 heavy (non-hydrogen) atoms. The van der Waals surface area contributed by atoms with Gasteiger partial charge in [0.15, 0.2) is 0 Å². The Morgan fingerprint density at radius 2 is 1.78 bits per heavy atom. The van der Waals surface area contributed by atoms with Gasteiger partial charge < -0.3 is 16.4 Å². The van der Waals surface area contributed by atoms with Crippen LogP contribution in [0.2, 0.25) is 0 Å². The molecule has 1 aliphatic carbocycles. The zero-order valence-electron chi connectivity index (χ0n) is 15.4. The second-order valence-corrected chi connectivity index (χ2v) is 8.72. The maximum absolute atomic E-state index is 13.7. The molecule has 142 valence electrons. The topological polar surface area (TPSA) is 89.4 Å². The first kappa shape index (κ1) is 18.0. The first-order chi connectivity index (χ1) is 13.0. The SMILES string of the molecule is NC(=O)c1c(N)sc2c1CCC(C(=O)N1CCCCC1)(c1ccccc1)C2. The molecule has 2 amide bonds. The summed E-state index contributed by atoms with van der Waals surface area (Å²) in [7, 11) is 0. The summed E-state index contributed by atoms with van der Waals surface area (Å²) >= 11 is 1.41. The van der Waals surface area contributed by atoms with Gasteiger partial charge in [0.05, 0.1) is 16.0 Å². The second kappa shape index (κ2) is 7.00. The highest BCUT2D eigenvalue weighted by Crippen LogP contribution is 2.45. The predicted octanol–water partition coefficient (Wildman–Crippen LogP) is 2.87. The molecular formula is C21H25N3O2S. The number of likely N-dealkylation sites (tertiary alicyclic amines) is 1. The third-order valence-electron chi connectivity index (χ3n) is 6.01. The molecule has 6 heteroatoms. The molecular weight excluding hydrogens is 358 g/mol. The number of anilines is 1. The lowest BCUT2D eigenvalue weighted by atomic mass is 9.68. The van der Waals surface area contributed by atoms with Crippen LogP contribution in [0.1, 0.15) is 52.0 Å². The predicted molar refractivity (Wildman–Crippen MR) is 108 cm³/mol. The molecule has 1 aliphatic heterocycles. The summed E-state index contributed by atoms with van der Waals surface area (Å²) in [6, 6.07) is 10.1. The standard InChI is InChI=1S/C21H25N3O2S/c22-18(25)17-15-9-10-21(13-16(15)27-19(17)23,14-7-3-1-4-8-14)20(26)24-11-5-2-6-12-24/h1,3-4,7-8H,2,5-6,9-13,23H2,(H2,22,25). The molecule has 0 bridgehead atoms. The third-order valence-corrected chi connectivity index (χ3v) is 7.07. The van der Waals surface area contributed by atoms with E-state index >= 15 is 0 Å². The zero-order valence-corrected chi connectivity index (χ0v) is 16.2. The van der Waals surface area contributed by atoms with E-state index in [1.807, 2.05) is 23.1 Å². The summed E-state index contributed by atoms with van der Waals surface area (Å²) in [5, 5.41) is 0.474. The molecule has 0 spiro atoms. The minimum Gasteiger partial charge on any atom is -0.390 e. The van der Waals surface area contributed by atoms with Gasteiger partial charge in [-0.1, -0.05) is 30.3 Å². The minimum atomic E-state index is -0.586. The molecule has 2 aromatic rings. The van der Waals surface area contributed by atoms with Crippen molar-refractivity contribution >= 4 is 28.2 Å². The van der Waals surface area contributed by atoms with Crippen molar-refractivity contribution in [3.05, 3.63) is 51.9 Å². The number of piperidine rings is 1. The van der Waals surface area contributed by atoms with E-state index in [4.69, 9.17) is 11.5 Å². The molecule has 4 N–H and O–H groups in total. The average Bonchev–Trinajstić information content (AvgIpc) is 3.03. The molecule has 0 saturated carbocycles. The molecule has 1 fully saturated rings. The van der Waals surface area contributed by atoms with Gasteiger partial charge in [0, 0.05) is 24.4 Å². The number of fused-ring (bicyclic) bond motifs is 1. The fourth-order valence-electron chi connectivity index (χ4n) is 4.62. The van der Waals surface area contributed by atoms with Crippen LogP contribution in [-0.2, 0) is 23.1 Å². The number of amides is 2. The summed E-state index contributed by atoms with van der Waals surface area (Å²) in [6.07, 6.45) is 5.24. The number of benzene rings is 1. The molecule has 1 atom stereocenters. The largest absolute Gasteiger partial charge is 0.390 e. The van der Waals surface area contributed by atoms with E-state index in [2.05, 4.69) is 12.1 Å². The van der Waals surface area contributed by atoms with Crippen LogP contribution in [0.5, 0.6) is 0 Å². The van der Waals surface area contributed by atoms with Crippen LogP contribution in [0, 0.1) is 0 Å². The molecule has 1 saturated heterocycles. The minimum absolute atomic E-state index is 0.214. The Balaban J connectivity index is 1.78. The zero-order chi connectivity index (χ0) is 19.0. The van der Waals surface area contributed by atoms with Gasteiger partial charge in [0.2, 0.25) is 5.91 Å². The van der Waals surface area contributed by atoms with Crippen molar-refractivity contribution in [1.82, 2.24) is 4.90 Å². The van der Waals surface area contributed by atoms with Gasteiger partial charge in [-0.15, -0.1) is 11.3 Å². The Bertz CT molecular complexity index is 871. The lowest BCUT2D eigenvalue weighted by molar-refractivity contribution is -0.139. The monoisotopic (exact) mass is 383 g/mol. The van der Waals surface area contributed by atoms with Crippen molar-refractivity contribution in [3.8, 4) is 0 Å². The Morgan fingerprint density at radius 3 is 2.44 bits per heavy atom. The maximum atomic E-state index is 13.7. The highest BCUT2D eigenvalue weighted by molar-refractivity contribution is 7.16. The van der Waals surface area contributed by atoms with Gasteiger partial charge in [-0.3, -0.25) is 9.59 Å². The van der Waals surface area contributed by atoms with E-state index < -0.39 is 11.3 Å². The molecule has 5 nitrogen and oxygen atoms in total. The van der Waals surface area contributed by atoms with Crippen LogP contribution in [0.15, 0.2) is 30.3 Å². The quantitative estimate of drug-likeness (QED) is 0.854. The van der Waals surface area contributed by atoms with Crippen molar-refractivity contribution in [3.63, 3.8) is 0 Å². The van der Waals surface area contributed by atoms with Crippen LogP contribution < -0.4 is 11.5 Å². The molecule has 2 heterocycles. The van der Waals surface area contributed by atoms with Crippen LogP contribution >= 0.6 is 11.3 Å². The van der Waals surface area contributed by atoms with Gasteiger partial charge in [-0.05, 0) is 43.2 Å². The van der Waals surface area contributed by atoms with E-state index in [1.54, 1.807) is 0 Å². The number of carbonyl (C=O) groups excluding carboxylic acids is 2. The maximum Gasteiger partial charge on any atom is 0.251 e. The molecule has 2 aliphatic rings. The first-order valence-corrected chi connectivity index (χ1v) is 10.4. The Morgan fingerprint density at radius 1 is 1.07 bits per heavy atom. The molecule has 1 aromatic heterocycles. The fourth-order valence-corrected chi connectivity index (χ4v) is 5.86. The average molecular weight is 384 g/mol. The molecule has 1 aromatic carbocycles. The van der Waals surface area contributed by atoms with E-state index in [0.29, 0.717) is 29.8 Å². The number of thiophene rings is 1. The Labute approximate surface area is 163 Å². The van der Waals surface area contributed by atoms with Crippen LogP contribution in [0.25, 0.3) is 0 Å². The van der Waals surface area contributed by atoms with E-state index in [9.17, 15) is 9.59 Å². The summed E-state index contributed by atoms with van der Waals surface area (Å²) in [4.78, 5) is 28.6. The summed E-state index contributed by atoms with van der Waals surface area (Å²) in [5.74, 6) is -0.258. The highest BCUT2D eigenvalue weighted by atomic mass is 32.1. The summed E-state index contributed by atoms with van der Waals surface area (Å²) in [5.41, 5.74) is 13.5. The third kappa shape index (κ3) is 3.02. The van der Waals surface area contributed by atoms with Crippen LogP contribution in [-0.4, -0.2) is 29.8 Å². The number of nitrogens with zero attached hydrogens (tertiary/aromatic N) is 1. The van der Waals surface area contributed by atoms with Crippen molar-refractivity contribution in [2.45, 2.75) is 43.9 Å². The summed E-state index contributed by atoms with van der Waals surface area (Å²) in [6.45, 7) is 1.67. The number of nitrogen functional groups attached to an aromatic ring is 1. The number of rotatable bonds is 3. The van der Waals surface area contributed by atoms with Crippen molar-refractivity contribution in [2.24, 2.45) is 5.73 Å². The van der Waals surface area contributed by atoms with Crippen molar-refractivity contribution in [2.75, 3.05) is 18.8 Å². The smallest absolute Gasteiger partial charge is 0.251 e. The van der Waals surface area contributed by atoms with Crippen LogP contribution in [0.3, 0.4) is 0 Å². The van der Waals surface area contributed by atoms with E-state index in [0.717, 1.165) is 41.9 Å². The number of carbonyl (C=O) groups is 2. The van der Waals surface area contributed by atoms with Crippen molar-refractivity contribution in [1.29, 1.82) is 0 Å². The van der Waals surface area contributed by atoms with Gasteiger partial charge in [-0.25, -0.2) is 0 Å². The van der Waals surface area contributed by atoms with Gasteiger partial charge in [0.25, 0.3) is 5.91 Å². The Hall–Kier alpha value is -2.34. The van der Waals surface area contributed by atoms with E-state index in [1.165, 1.54) is 17.8 Å². The van der Waals surface area contributed by atoms with Gasteiger partial charge >= 0.3 is 0 Å².